The molecule has 1 aliphatic rings. The van der Waals surface area contributed by atoms with Crippen molar-refractivity contribution in [3.8, 4) is 11.3 Å². The molecule has 1 aliphatic heterocycles. The molecule has 3 aromatic rings. The highest BCUT2D eigenvalue weighted by molar-refractivity contribution is 6.34. The van der Waals surface area contributed by atoms with Crippen molar-refractivity contribution < 1.29 is 14.0 Å². The van der Waals surface area contributed by atoms with Gasteiger partial charge in [-0.3, -0.25) is 14.6 Å². The molecule has 0 atom stereocenters. The maximum absolute atomic E-state index is 12.3. The molecule has 1 aromatic carbocycles. The van der Waals surface area contributed by atoms with Crippen LogP contribution in [0.2, 0.25) is 0 Å². The average Bonchev–Trinajstić information content (AvgIpc) is 3.41. The van der Waals surface area contributed by atoms with Crippen LogP contribution in [0.15, 0.2) is 59.1 Å². The number of anilines is 1. The molecule has 3 heterocycles. The van der Waals surface area contributed by atoms with E-state index in [2.05, 4.69) is 34.4 Å². The first kappa shape index (κ1) is 21.5. The number of likely N-dealkylation sites (N-methyl/N-ethyl adjacent to an activating group) is 1. The topological polar surface area (TPSA) is 87.5 Å². The molecule has 2 amide bonds. The fourth-order valence-electron chi connectivity index (χ4n) is 3.64. The van der Waals surface area contributed by atoms with Crippen LogP contribution in [-0.2, 0) is 4.79 Å². The first-order valence-corrected chi connectivity index (χ1v) is 10.8. The second-order valence-electron chi connectivity index (χ2n) is 7.47. The van der Waals surface area contributed by atoms with Crippen LogP contribution in [0.5, 0.6) is 0 Å². The minimum absolute atomic E-state index is 0.151. The van der Waals surface area contributed by atoms with E-state index in [1.54, 1.807) is 24.4 Å². The van der Waals surface area contributed by atoms with Gasteiger partial charge in [-0.15, -0.1) is 0 Å². The molecule has 0 unspecified atom stereocenters. The van der Waals surface area contributed by atoms with Gasteiger partial charge < -0.3 is 20.0 Å². The van der Waals surface area contributed by atoms with E-state index < -0.39 is 0 Å². The summed E-state index contributed by atoms with van der Waals surface area (Å²) in [5.41, 5.74) is 3.34. The van der Waals surface area contributed by atoms with E-state index in [0.717, 1.165) is 36.4 Å². The molecule has 7 nitrogen and oxygen atoms in total. The van der Waals surface area contributed by atoms with Gasteiger partial charge in [0, 0.05) is 36.1 Å². The number of nitrogens with zero attached hydrogens (tertiary/aromatic N) is 2. The first-order chi connectivity index (χ1) is 15.6. The van der Waals surface area contributed by atoms with Crippen LogP contribution in [0.4, 0.5) is 5.69 Å². The van der Waals surface area contributed by atoms with E-state index in [-0.39, 0.29) is 11.8 Å². The Kier molecular flexibility index (Phi) is 6.47. The highest BCUT2D eigenvalue weighted by Crippen LogP contribution is 2.33. The summed E-state index contributed by atoms with van der Waals surface area (Å²) in [5.74, 6) is 0.839. The number of benzene rings is 1. The number of rotatable bonds is 8. The third kappa shape index (κ3) is 4.63. The average molecular weight is 431 g/mol. The van der Waals surface area contributed by atoms with E-state index in [9.17, 15) is 9.59 Å². The molecule has 2 aromatic heterocycles. The number of hydrogen-bond donors (Lipinski definition) is 2. The Hall–Kier alpha value is -3.71. The summed E-state index contributed by atoms with van der Waals surface area (Å²) >= 11 is 0. The third-order valence-electron chi connectivity index (χ3n) is 5.51. The maximum Gasteiger partial charge on any atom is 0.269 e. The predicted molar refractivity (Wildman–Crippen MR) is 125 cm³/mol. The summed E-state index contributed by atoms with van der Waals surface area (Å²) in [5, 5.41) is 5.75. The van der Waals surface area contributed by atoms with Crippen LogP contribution in [0.3, 0.4) is 0 Å². The molecule has 0 radical (unpaired) electrons. The Morgan fingerprint density at radius 1 is 1.12 bits per heavy atom. The van der Waals surface area contributed by atoms with Crippen LogP contribution < -0.4 is 10.6 Å². The number of fused-ring (bicyclic) bond motifs is 1. The van der Waals surface area contributed by atoms with Gasteiger partial charge in [0.1, 0.15) is 17.2 Å². The van der Waals surface area contributed by atoms with Gasteiger partial charge >= 0.3 is 0 Å². The van der Waals surface area contributed by atoms with E-state index >= 15 is 0 Å². The van der Waals surface area contributed by atoms with E-state index in [0.29, 0.717) is 29.3 Å². The third-order valence-corrected chi connectivity index (χ3v) is 5.51. The first-order valence-electron chi connectivity index (χ1n) is 10.8. The number of para-hydroxylation sites is 1. The molecule has 0 saturated heterocycles. The van der Waals surface area contributed by atoms with Crippen LogP contribution in [-0.4, -0.2) is 47.9 Å². The fourth-order valence-corrected chi connectivity index (χ4v) is 3.64. The van der Waals surface area contributed by atoms with Gasteiger partial charge in [0.05, 0.1) is 5.57 Å². The Labute approximate surface area is 187 Å². The molecule has 0 spiro atoms. The molecule has 0 saturated carbocycles. The van der Waals surface area contributed by atoms with E-state index in [1.165, 1.54) is 0 Å². The quantitative estimate of drug-likeness (QED) is 0.529. The molecular formula is C25H26N4O3. The number of nitrogens with one attached hydrogen (secondary N) is 2. The van der Waals surface area contributed by atoms with E-state index in [1.807, 2.05) is 36.4 Å². The second kappa shape index (κ2) is 9.62. The fraction of sp³-hybridized carbons (Fsp3) is 0.240. The maximum atomic E-state index is 12.3. The zero-order chi connectivity index (χ0) is 22.5. The number of amides is 2. The Bertz CT molecular complexity index is 1140. The summed E-state index contributed by atoms with van der Waals surface area (Å²) in [7, 11) is 0. The van der Waals surface area contributed by atoms with Crippen LogP contribution >= 0.6 is 0 Å². The molecule has 164 valence electrons. The Balaban J connectivity index is 1.43. The monoisotopic (exact) mass is 430 g/mol. The van der Waals surface area contributed by atoms with Crippen molar-refractivity contribution in [2.45, 2.75) is 13.8 Å². The number of carbonyl (C=O) groups excluding carboxylic acids is 2. The lowest BCUT2D eigenvalue weighted by Crippen LogP contribution is -2.35. The lowest BCUT2D eigenvalue weighted by Gasteiger charge is -2.17. The number of hydrogen-bond acceptors (Lipinski definition) is 5. The number of carbonyl (C=O) groups is 2. The minimum atomic E-state index is -0.195. The van der Waals surface area contributed by atoms with Gasteiger partial charge in [0.25, 0.3) is 11.8 Å². The Morgan fingerprint density at radius 2 is 1.94 bits per heavy atom. The molecule has 0 fully saturated rings. The molecule has 2 N–H and O–H groups in total. The van der Waals surface area contributed by atoms with Crippen molar-refractivity contribution in [1.29, 1.82) is 0 Å². The van der Waals surface area contributed by atoms with Crippen LogP contribution in [0.1, 0.15) is 35.7 Å². The molecule has 32 heavy (non-hydrogen) atoms. The van der Waals surface area contributed by atoms with Gasteiger partial charge in [-0.05, 0) is 49.5 Å². The molecule has 7 heteroatoms. The minimum Gasteiger partial charge on any atom is -0.457 e. The molecule has 4 rings (SSSR count). The Morgan fingerprint density at radius 3 is 2.69 bits per heavy atom. The molecule has 0 bridgehead atoms. The van der Waals surface area contributed by atoms with E-state index in [4.69, 9.17) is 4.42 Å². The normalized spacial score (nSPS) is 14.0. The zero-order valence-corrected chi connectivity index (χ0v) is 18.2. The summed E-state index contributed by atoms with van der Waals surface area (Å²) in [6.45, 7) is 7.50. The largest absolute Gasteiger partial charge is 0.457 e. The van der Waals surface area contributed by atoms with Crippen LogP contribution in [0, 0.1) is 0 Å². The molecule has 0 aliphatic carbocycles. The smallest absolute Gasteiger partial charge is 0.269 e. The van der Waals surface area contributed by atoms with Gasteiger partial charge in [0.15, 0.2) is 0 Å². The standard InChI is InChI=1S/C25H26N4O3/c1-3-29(4-2)14-13-26-25(31)22-11-9-17(16-27-22)23-12-10-18(32-23)15-20-19-7-5-6-8-21(19)28-24(20)30/h5-12,15-16H,3-4,13-14H2,1-2H3,(H,26,31)(H,28,30)/b20-15+. The SMILES string of the molecule is CCN(CC)CCNC(=O)c1ccc(-c2ccc(/C=C3/C(=O)Nc4ccccc43)o2)cn1. The van der Waals surface area contributed by atoms with Crippen molar-refractivity contribution >= 4 is 29.2 Å². The van der Waals surface area contributed by atoms with Crippen LogP contribution in [0.25, 0.3) is 23.0 Å². The van der Waals surface area contributed by atoms with Crippen molar-refractivity contribution in [2.24, 2.45) is 0 Å². The van der Waals surface area contributed by atoms with Gasteiger partial charge in [-0.2, -0.15) is 0 Å². The second-order valence-corrected chi connectivity index (χ2v) is 7.47. The molecular weight excluding hydrogens is 404 g/mol. The number of pyridine rings is 1. The summed E-state index contributed by atoms with van der Waals surface area (Å²) in [6.07, 6.45) is 3.35. The van der Waals surface area contributed by atoms with Crippen molar-refractivity contribution in [3.05, 3.63) is 71.7 Å². The van der Waals surface area contributed by atoms with Gasteiger partial charge in [-0.1, -0.05) is 32.0 Å². The predicted octanol–water partition coefficient (Wildman–Crippen LogP) is 3.91. The van der Waals surface area contributed by atoms with Gasteiger partial charge in [-0.25, -0.2) is 0 Å². The lowest BCUT2D eigenvalue weighted by molar-refractivity contribution is -0.110. The van der Waals surface area contributed by atoms with Gasteiger partial charge in [0.2, 0.25) is 0 Å². The number of aromatic nitrogens is 1. The summed E-state index contributed by atoms with van der Waals surface area (Å²) in [4.78, 5) is 31.1. The summed E-state index contributed by atoms with van der Waals surface area (Å²) in [6, 6.07) is 14.7. The lowest BCUT2D eigenvalue weighted by atomic mass is 10.1. The zero-order valence-electron chi connectivity index (χ0n) is 18.2. The van der Waals surface area contributed by atoms with Crippen molar-refractivity contribution in [3.63, 3.8) is 0 Å². The number of furan rings is 1. The summed E-state index contributed by atoms with van der Waals surface area (Å²) < 4.78 is 5.91. The van der Waals surface area contributed by atoms with Crippen molar-refractivity contribution in [2.75, 3.05) is 31.5 Å². The highest BCUT2D eigenvalue weighted by Gasteiger charge is 2.23. The van der Waals surface area contributed by atoms with Crippen molar-refractivity contribution in [1.82, 2.24) is 15.2 Å². The highest BCUT2D eigenvalue weighted by atomic mass is 16.3.